The zero-order valence-corrected chi connectivity index (χ0v) is 14.9. The van der Waals surface area contributed by atoms with E-state index in [1.165, 1.54) is 35.7 Å². The van der Waals surface area contributed by atoms with Crippen LogP contribution in [-0.4, -0.2) is 66.4 Å². The highest BCUT2D eigenvalue weighted by Crippen LogP contribution is 2.27. The second-order valence-electron chi connectivity index (χ2n) is 5.18. The van der Waals surface area contributed by atoms with Crippen LogP contribution in [0.25, 0.3) is 0 Å². The van der Waals surface area contributed by atoms with E-state index in [0.717, 1.165) is 0 Å². The summed E-state index contributed by atoms with van der Waals surface area (Å²) in [5.74, 6) is 0.485. The largest absolute Gasteiger partial charge is 0.495 e. The summed E-state index contributed by atoms with van der Waals surface area (Å²) >= 11 is 7.10. The summed E-state index contributed by atoms with van der Waals surface area (Å²) in [7, 11) is 3.00. The minimum Gasteiger partial charge on any atom is -0.495 e. The molecule has 130 valence electrons. The Bertz CT molecular complexity index is 656. The normalized spacial score (nSPS) is 13.8. The summed E-state index contributed by atoms with van der Waals surface area (Å²) in [4.78, 5) is 38.5. The van der Waals surface area contributed by atoms with Gasteiger partial charge in [-0.05, 0) is 18.2 Å². The second-order valence-corrected chi connectivity index (χ2v) is 6.66. The highest BCUT2D eigenvalue weighted by atomic mass is 35.5. The average Bonchev–Trinajstić information content (AvgIpc) is 2.92. The number of carbonyl (C=O) groups excluding carboxylic acids is 3. The maximum atomic E-state index is 12.1. The molecule has 24 heavy (non-hydrogen) atoms. The van der Waals surface area contributed by atoms with Crippen LogP contribution in [-0.2, 0) is 9.59 Å². The van der Waals surface area contributed by atoms with Crippen molar-refractivity contribution in [1.29, 1.82) is 0 Å². The number of hydrogen-bond donors (Lipinski definition) is 1. The number of methoxy groups -OCH3 is 1. The molecule has 7 nitrogen and oxygen atoms in total. The number of carbonyl (C=O) groups is 3. The van der Waals surface area contributed by atoms with Crippen LogP contribution in [0.15, 0.2) is 18.2 Å². The van der Waals surface area contributed by atoms with Crippen molar-refractivity contribution in [2.45, 2.75) is 0 Å². The number of amides is 3. The molecule has 0 atom stereocenters. The Kier molecular flexibility index (Phi) is 6.33. The van der Waals surface area contributed by atoms with Gasteiger partial charge < -0.3 is 19.9 Å². The molecule has 0 spiro atoms. The van der Waals surface area contributed by atoms with E-state index in [2.05, 4.69) is 5.32 Å². The Morgan fingerprint density at radius 1 is 1.46 bits per heavy atom. The Balaban J connectivity index is 1.90. The standard InChI is InChI=1S/C15H18ClN3O4S/c1-18(14(21)9-19-5-6-24-15(19)22)8-13(20)17-11-7-10(16)3-4-12(11)23-2/h3-4,7H,5-6,8-9H2,1-2H3,(H,17,20). The molecule has 1 aromatic rings. The van der Waals surface area contributed by atoms with Gasteiger partial charge in [0.25, 0.3) is 5.24 Å². The van der Waals surface area contributed by atoms with Gasteiger partial charge in [0.05, 0.1) is 19.3 Å². The first-order valence-electron chi connectivity index (χ1n) is 7.19. The summed E-state index contributed by atoms with van der Waals surface area (Å²) < 4.78 is 5.15. The van der Waals surface area contributed by atoms with Gasteiger partial charge in [0.1, 0.15) is 12.3 Å². The summed E-state index contributed by atoms with van der Waals surface area (Å²) in [5.41, 5.74) is 0.432. The van der Waals surface area contributed by atoms with E-state index >= 15 is 0 Å². The SMILES string of the molecule is COc1ccc(Cl)cc1NC(=O)CN(C)C(=O)CN1CCSC1=O. The van der Waals surface area contributed by atoms with Crippen LogP contribution in [0.5, 0.6) is 5.75 Å². The highest BCUT2D eigenvalue weighted by Gasteiger charge is 2.25. The van der Waals surface area contributed by atoms with Crippen LogP contribution >= 0.6 is 23.4 Å². The smallest absolute Gasteiger partial charge is 0.282 e. The molecule has 9 heteroatoms. The minimum atomic E-state index is -0.381. The molecule has 0 radical (unpaired) electrons. The summed E-state index contributed by atoms with van der Waals surface area (Å²) in [6, 6.07) is 4.86. The second kappa shape index (κ2) is 8.25. The number of hydrogen-bond acceptors (Lipinski definition) is 5. The molecule has 0 saturated carbocycles. The van der Waals surface area contributed by atoms with Crippen LogP contribution in [0.4, 0.5) is 10.5 Å². The number of rotatable bonds is 6. The van der Waals surface area contributed by atoms with Gasteiger partial charge in [-0.15, -0.1) is 0 Å². The first-order chi connectivity index (χ1) is 11.4. The fourth-order valence-electron chi connectivity index (χ4n) is 2.12. The van der Waals surface area contributed by atoms with Crippen LogP contribution in [0.1, 0.15) is 0 Å². The van der Waals surface area contributed by atoms with Crippen molar-refractivity contribution in [2.24, 2.45) is 0 Å². The Hall–Kier alpha value is -1.93. The Morgan fingerprint density at radius 2 is 2.21 bits per heavy atom. The number of ether oxygens (including phenoxy) is 1. The zero-order valence-electron chi connectivity index (χ0n) is 13.4. The number of nitrogens with zero attached hydrogens (tertiary/aromatic N) is 2. The number of thioether (sulfide) groups is 1. The van der Waals surface area contributed by atoms with E-state index in [9.17, 15) is 14.4 Å². The lowest BCUT2D eigenvalue weighted by Gasteiger charge is -2.21. The minimum absolute atomic E-state index is 0.0178. The number of nitrogens with one attached hydrogen (secondary N) is 1. The molecule has 1 aromatic carbocycles. The topological polar surface area (TPSA) is 79.0 Å². The van der Waals surface area contributed by atoms with Gasteiger partial charge in [0.2, 0.25) is 11.8 Å². The third-order valence-corrected chi connectivity index (χ3v) is 4.54. The zero-order chi connectivity index (χ0) is 17.7. The van der Waals surface area contributed by atoms with E-state index in [1.807, 2.05) is 0 Å². The lowest BCUT2D eigenvalue weighted by Crippen LogP contribution is -2.41. The van der Waals surface area contributed by atoms with Crippen molar-refractivity contribution < 1.29 is 19.1 Å². The summed E-state index contributed by atoms with van der Waals surface area (Å²) in [6.45, 7) is 0.398. The predicted molar refractivity (Wildman–Crippen MR) is 93.7 cm³/mol. The number of anilines is 1. The Morgan fingerprint density at radius 3 is 2.83 bits per heavy atom. The van der Waals surface area contributed by atoms with Crippen molar-refractivity contribution in [3.05, 3.63) is 23.2 Å². The molecule has 0 aliphatic carbocycles. The van der Waals surface area contributed by atoms with Gasteiger partial charge in [-0.3, -0.25) is 14.4 Å². The number of benzene rings is 1. The summed E-state index contributed by atoms with van der Waals surface area (Å²) in [5, 5.41) is 3.02. The Labute approximate surface area is 149 Å². The van der Waals surface area contributed by atoms with Crippen LogP contribution in [0.2, 0.25) is 5.02 Å². The van der Waals surface area contributed by atoms with E-state index in [1.54, 1.807) is 18.2 Å². The molecule has 3 amide bonds. The first kappa shape index (κ1) is 18.4. The summed E-state index contributed by atoms with van der Waals surface area (Å²) in [6.07, 6.45) is 0. The van der Waals surface area contributed by atoms with E-state index in [4.69, 9.17) is 16.3 Å². The number of likely N-dealkylation sites (N-methyl/N-ethyl adjacent to an activating group) is 1. The third-order valence-electron chi connectivity index (χ3n) is 3.41. The van der Waals surface area contributed by atoms with E-state index < -0.39 is 0 Å². The maximum Gasteiger partial charge on any atom is 0.282 e. The molecule has 1 aliphatic rings. The first-order valence-corrected chi connectivity index (χ1v) is 8.56. The fraction of sp³-hybridized carbons (Fsp3) is 0.400. The van der Waals surface area contributed by atoms with Crippen LogP contribution in [0.3, 0.4) is 0 Å². The quantitative estimate of drug-likeness (QED) is 0.826. The molecular formula is C15H18ClN3O4S. The van der Waals surface area contributed by atoms with Gasteiger partial charge in [-0.2, -0.15) is 0 Å². The van der Waals surface area contributed by atoms with Gasteiger partial charge in [-0.1, -0.05) is 23.4 Å². The molecule has 1 heterocycles. The van der Waals surface area contributed by atoms with E-state index in [0.29, 0.717) is 28.8 Å². The average molecular weight is 372 g/mol. The van der Waals surface area contributed by atoms with Crippen molar-refractivity contribution in [3.63, 3.8) is 0 Å². The monoisotopic (exact) mass is 371 g/mol. The molecule has 1 fully saturated rings. The van der Waals surface area contributed by atoms with E-state index in [-0.39, 0.29) is 30.1 Å². The van der Waals surface area contributed by atoms with Crippen molar-refractivity contribution in [2.75, 3.05) is 44.9 Å². The molecule has 0 aromatic heterocycles. The van der Waals surface area contributed by atoms with Crippen molar-refractivity contribution >= 4 is 46.1 Å². The van der Waals surface area contributed by atoms with Crippen molar-refractivity contribution in [3.8, 4) is 5.75 Å². The van der Waals surface area contributed by atoms with Gasteiger partial charge >= 0.3 is 0 Å². The lowest BCUT2D eigenvalue weighted by atomic mass is 10.3. The van der Waals surface area contributed by atoms with Crippen LogP contribution < -0.4 is 10.1 Å². The lowest BCUT2D eigenvalue weighted by molar-refractivity contribution is -0.133. The van der Waals surface area contributed by atoms with Gasteiger partial charge in [0, 0.05) is 24.4 Å². The molecule has 0 unspecified atom stereocenters. The number of halogens is 1. The highest BCUT2D eigenvalue weighted by molar-refractivity contribution is 8.13. The third kappa shape index (κ3) is 4.78. The molecule has 0 bridgehead atoms. The van der Waals surface area contributed by atoms with Gasteiger partial charge in [0.15, 0.2) is 0 Å². The predicted octanol–water partition coefficient (Wildman–Crippen LogP) is 1.91. The molecule has 1 saturated heterocycles. The fourth-order valence-corrected chi connectivity index (χ4v) is 3.12. The molecule has 2 rings (SSSR count). The molecular weight excluding hydrogens is 354 g/mol. The van der Waals surface area contributed by atoms with Gasteiger partial charge in [-0.25, -0.2) is 0 Å². The molecule has 1 N–H and O–H groups in total. The maximum absolute atomic E-state index is 12.1. The molecule has 1 aliphatic heterocycles. The van der Waals surface area contributed by atoms with Crippen LogP contribution in [0, 0.1) is 0 Å². The van der Waals surface area contributed by atoms with Crippen molar-refractivity contribution in [1.82, 2.24) is 9.80 Å².